The van der Waals surface area contributed by atoms with Gasteiger partial charge in [0.25, 0.3) is 0 Å². The minimum absolute atomic E-state index is 0.441. The molecule has 0 radical (unpaired) electrons. The fourth-order valence-corrected chi connectivity index (χ4v) is 1.92. The summed E-state index contributed by atoms with van der Waals surface area (Å²) in [4.78, 5) is 4.06. The molecule has 1 heterocycles. The van der Waals surface area contributed by atoms with Crippen molar-refractivity contribution in [2.24, 2.45) is 0 Å². The van der Waals surface area contributed by atoms with Crippen LogP contribution in [0.1, 0.15) is 5.56 Å². The number of halogens is 2. The molecule has 2 aromatic rings. The molecule has 0 aliphatic rings. The van der Waals surface area contributed by atoms with Crippen molar-refractivity contribution in [2.75, 3.05) is 0 Å². The van der Waals surface area contributed by atoms with Gasteiger partial charge < -0.3 is 4.74 Å². The zero-order valence-electron chi connectivity index (χ0n) is 8.36. The lowest BCUT2D eigenvalue weighted by Gasteiger charge is -2.06. The average Bonchev–Trinajstić information content (AvgIpc) is 2.29. The monoisotopic (exact) mass is 345 g/mol. The predicted octanol–water partition coefficient (Wildman–Crippen LogP) is 4.22. The van der Waals surface area contributed by atoms with Crippen LogP contribution in [-0.4, -0.2) is 4.98 Å². The molecular formula is C12H9ClINO. The van der Waals surface area contributed by atoms with Crippen LogP contribution >= 0.6 is 34.2 Å². The lowest BCUT2D eigenvalue weighted by Crippen LogP contribution is -1.88. The van der Waals surface area contributed by atoms with Gasteiger partial charge in [-0.15, -0.1) is 11.6 Å². The summed E-state index contributed by atoms with van der Waals surface area (Å²) in [6, 6.07) is 9.74. The number of aromatic nitrogens is 1. The molecule has 16 heavy (non-hydrogen) atoms. The molecular weight excluding hydrogens is 336 g/mol. The molecule has 0 N–H and O–H groups in total. The van der Waals surface area contributed by atoms with Crippen molar-refractivity contribution in [3.63, 3.8) is 0 Å². The van der Waals surface area contributed by atoms with E-state index in [1.54, 1.807) is 12.4 Å². The van der Waals surface area contributed by atoms with Crippen LogP contribution in [0, 0.1) is 3.57 Å². The summed E-state index contributed by atoms with van der Waals surface area (Å²) in [7, 11) is 0. The first-order valence-electron chi connectivity index (χ1n) is 4.71. The van der Waals surface area contributed by atoms with E-state index in [-0.39, 0.29) is 0 Å². The average molecular weight is 346 g/mol. The highest BCUT2D eigenvalue weighted by Gasteiger charge is 1.99. The molecule has 82 valence electrons. The molecule has 0 amide bonds. The summed E-state index contributed by atoms with van der Waals surface area (Å²) in [6.45, 7) is 0. The van der Waals surface area contributed by atoms with E-state index >= 15 is 0 Å². The van der Waals surface area contributed by atoms with Crippen LogP contribution < -0.4 is 4.74 Å². The first-order valence-corrected chi connectivity index (χ1v) is 6.32. The van der Waals surface area contributed by atoms with E-state index in [0.29, 0.717) is 11.6 Å². The van der Waals surface area contributed by atoms with Crippen LogP contribution in [0.4, 0.5) is 0 Å². The Bertz CT molecular complexity index is 490. The highest BCUT2D eigenvalue weighted by Crippen LogP contribution is 2.23. The van der Waals surface area contributed by atoms with Gasteiger partial charge in [0.2, 0.25) is 0 Å². The second kappa shape index (κ2) is 5.50. The zero-order chi connectivity index (χ0) is 11.4. The molecule has 0 saturated carbocycles. The fourth-order valence-electron chi connectivity index (χ4n) is 1.26. The van der Waals surface area contributed by atoms with Crippen LogP contribution in [0.2, 0.25) is 0 Å². The van der Waals surface area contributed by atoms with Gasteiger partial charge in [0.05, 0.1) is 6.20 Å². The number of rotatable bonds is 3. The molecule has 0 atom stereocenters. The van der Waals surface area contributed by atoms with Crippen LogP contribution in [0.15, 0.2) is 42.7 Å². The van der Waals surface area contributed by atoms with Crippen molar-refractivity contribution in [3.8, 4) is 11.5 Å². The van der Waals surface area contributed by atoms with Gasteiger partial charge in [-0.1, -0.05) is 6.07 Å². The zero-order valence-corrected chi connectivity index (χ0v) is 11.3. The summed E-state index contributed by atoms with van der Waals surface area (Å²) in [5.74, 6) is 1.96. The van der Waals surface area contributed by atoms with Crippen molar-refractivity contribution in [3.05, 3.63) is 51.9 Å². The number of hydrogen-bond donors (Lipinski definition) is 0. The number of alkyl halides is 1. The van der Waals surface area contributed by atoms with E-state index in [9.17, 15) is 0 Å². The molecule has 1 aromatic heterocycles. The van der Waals surface area contributed by atoms with E-state index in [4.69, 9.17) is 16.3 Å². The second-order valence-corrected chi connectivity index (χ2v) is 4.73. The molecule has 0 aliphatic carbocycles. The van der Waals surface area contributed by atoms with E-state index in [1.165, 1.54) is 0 Å². The third-order valence-corrected chi connectivity index (χ3v) is 2.94. The Labute approximate surface area is 113 Å². The normalized spacial score (nSPS) is 10.1. The van der Waals surface area contributed by atoms with Crippen LogP contribution in [0.25, 0.3) is 0 Å². The second-order valence-electron chi connectivity index (χ2n) is 3.22. The minimum atomic E-state index is 0.441. The van der Waals surface area contributed by atoms with E-state index < -0.39 is 0 Å². The Balaban J connectivity index is 2.20. The third-order valence-electron chi connectivity index (χ3n) is 1.96. The molecule has 1 aromatic carbocycles. The van der Waals surface area contributed by atoms with Gasteiger partial charge in [0.15, 0.2) is 0 Å². The molecule has 4 heteroatoms. The number of benzene rings is 1. The van der Waals surface area contributed by atoms with Crippen LogP contribution in [0.5, 0.6) is 11.5 Å². The summed E-state index contributed by atoms with van der Waals surface area (Å²) in [5.41, 5.74) is 0.949. The summed E-state index contributed by atoms with van der Waals surface area (Å²) in [6.07, 6.45) is 3.41. The van der Waals surface area contributed by atoms with Gasteiger partial charge in [-0.05, 0) is 52.4 Å². The maximum atomic E-state index is 5.73. The fraction of sp³-hybridized carbons (Fsp3) is 0.0833. The van der Waals surface area contributed by atoms with E-state index in [2.05, 4.69) is 27.6 Å². The number of ether oxygens (including phenoxy) is 1. The molecule has 0 aliphatic heterocycles. The lowest BCUT2D eigenvalue weighted by molar-refractivity contribution is 0.479. The van der Waals surface area contributed by atoms with Crippen molar-refractivity contribution in [2.45, 2.75) is 5.88 Å². The Hall–Kier alpha value is -0.810. The van der Waals surface area contributed by atoms with Crippen LogP contribution in [-0.2, 0) is 5.88 Å². The SMILES string of the molecule is ClCc1cncc(Oc2cccc(I)c2)c1. The highest BCUT2D eigenvalue weighted by atomic mass is 127. The van der Waals surface area contributed by atoms with Gasteiger partial charge >= 0.3 is 0 Å². The highest BCUT2D eigenvalue weighted by molar-refractivity contribution is 14.1. The van der Waals surface area contributed by atoms with E-state index in [0.717, 1.165) is 14.9 Å². The molecule has 0 saturated heterocycles. The number of nitrogens with zero attached hydrogens (tertiary/aromatic N) is 1. The summed E-state index contributed by atoms with van der Waals surface area (Å²) >= 11 is 7.98. The smallest absolute Gasteiger partial charge is 0.146 e. The van der Waals surface area contributed by atoms with Crippen LogP contribution in [0.3, 0.4) is 0 Å². The largest absolute Gasteiger partial charge is 0.456 e. The molecule has 0 bridgehead atoms. The molecule has 0 spiro atoms. The molecule has 0 unspecified atom stereocenters. The minimum Gasteiger partial charge on any atom is -0.456 e. The standard InChI is InChI=1S/C12H9ClINO/c13-6-9-4-12(8-15-7-9)16-11-3-1-2-10(14)5-11/h1-5,7-8H,6H2. The first kappa shape index (κ1) is 11.7. The van der Waals surface area contributed by atoms with Gasteiger partial charge in [-0.2, -0.15) is 0 Å². The van der Waals surface area contributed by atoms with Crippen molar-refractivity contribution in [1.82, 2.24) is 4.98 Å². The molecule has 0 fully saturated rings. The molecule has 2 nitrogen and oxygen atoms in total. The number of pyridine rings is 1. The van der Waals surface area contributed by atoms with Crippen molar-refractivity contribution < 1.29 is 4.74 Å². The predicted molar refractivity (Wildman–Crippen MR) is 73.0 cm³/mol. The lowest BCUT2D eigenvalue weighted by atomic mass is 10.3. The first-order chi connectivity index (χ1) is 7.78. The van der Waals surface area contributed by atoms with Gasteiger partial charge in [0.1, 0.15) is 11.5 Å². The number of hydrogen-bond acceptors (Lipinski definition) is 2. The Morgan fingerprint density at radius 3 is 2.81 bits per heavy atom. The third kappa shape index (κ3) is 3.09. The van der Waals surface area contributed by atoms with Crippen molar-refractivity contribution >= 4 is 34.2 Å². The maximum absolute atomic E-state index is 5.73. The maximum Gasteiger partial charge on any atom is 0.146 e. The Morgan fingerprint density at radius 1 is 1.19 bits per heavy atom. The van der Waals surface area contributed by atoms with Crippen molar-refractivity contribution in [1.29, 1.82) is 0 Å². The topological polar surface area (TPSA) is 22.1 Å². The summed E-state index contributed by atoms with van der Waals surface area (Å²) < 4.78 is 6.81. The van der Waals surface area contributed by atoms with Gasteiger partial charge in [0, 0.05) is 15.6 Å². The summed E-state index contributed by atoms with van der Waals surface area (Å²) in [5, 5.41) is 0. The van der Waals surface area contributed by atoms with E-state index in [1.807, 2.05) is 30.3 Å². The Kier molecular flexibility index (Phi) is 4.01. The Morgan fingerprint density at radius 2 is 2.06 bits per heavy atom. The van der Waals surface area contributed by atoms with Gasteiger partial charge in [-0.3, -0.25) is 4.98 Å². The molecule has 2 rings (SSSR count). The van der Waals surface area contributed by atoms with Gasteiger partial charge in [-0.25, -0.2) is 0 Å². The quantitative estimate of drug-likeness (QED) is 0.614.